The summed E-state index contributed by atoms with van der Waals surface area (Å²) in [5.41, 5.74) is -0.300. The third-order valence-electron chi connectivity index (χ3n) is 3.61. The number of alkyl halides is 3. The minimum atomic E-state index is -4.63. The third-order valence-corrected chi connectivity index (χ3v) is 3.61. The Morgan fingerprint density at radius 2 is 1.81 bits per heavy atom. The molecule has 0 saturated carbocycles. The standard InChI is InChI=1S/C18H15F3N4O2/c1-26-12-5-6-14(27-2)13(8-12)23-16-9-15(18(19,20)21)24-17(25-16)11-4-3-7-22-10-11/h3-10H,1-2H3,(H,23,24,25). The molecule has 0 spiro atoms. The van der Waals surface area contributed by atoms with Crippen molar-refractivity contribution in [3.8, 4) is 22.9 Å². The van der Waals surface area contributed by atoms with Gasteiger partial charge in [-0.1, -0.05) is 0 Å². The van der Waals surface area contributed by atoms with Crippen LogP contribution in [-0.4, -0.2) is 29.2 Å². The average molecular weight is 376 g/mol. The number of pyridine rings is 1. The van der Waals surface area contributed by atoms with Gasteiger partial charge >= 0.3 is 6.18 Å². The maximum absolute atomic E-state index is 13.3. The summed E-state index contributed by atoms with van der Waals surface area (Å²) < 4.78 is 50.2. The van der Waals surface area contributed by atoms with Crippen molar-refractivity contribution >= 4 is 11.5 Å². The van der Waals surface area contributed by atoms with Crippen LogP contribution < -0.4 is 14.8 Å². The highest BCUT2D eigenvalue weighted by Gasteiger charge is 2.34. The molecular weight excluding hydrogens is 361 g/mol. The molecule has 0 amide bonds. The molecule has 0 radical (unpaired) electrons. The van der Waals surface area contributed by atoms with Gasteiger partial charge in [0.2, 0.25) is 0 Å². The zero-order valence-electron chi connectivity index (χ0n) is 14.4. The predicted molar refractivity (Wildman–Crippen MR) is 93.1 cm³/mol. The van der Waals surface area contributed by atoms with Crippen molar-refractivity contribution in [1.82, 2.24) is 15.0 Å². The maximum atomic E-state index is 13.3. The first kappa shape index (κ1) is 18.4. The first-order chi connectivity index (χ1) is 12.9. The number of halogens is 3. The number of nitrogens with one attached hydrogen (secondary N) is 1. The van der Waals surface area contributed by atoms with Gasteiger partial charge < -0.3 is 14.8 Å². The van der Waals surface area contributed by atoms with Gasteiger partial charge in [-0.3, -0.25) is 4.98 Å². The summed E-state index contributed by atoms with van der Waals surface area (Å²) in [7, 11) is 2.94. The second-order valence-electron chi connectivity index (χ2n) is 5.39. The van der Waals surface area contributed by atoms with Gasteiger partial charge in [-0.2, -0.15) is 13.2 Å². The van der Waals surface area contributed by atoms with Crippen molar-refractivity contribution in [2.75, 3.05) is 19.5 Å². The molecule has 0 aliphatic rings. The van der Waals surface area contributed by atoms with Gasteiger partial charge in [0.15, 0.2) is 11.5 Å². The molecule has 0 fully saturated rings. The van der Waals surface area contributed by atoms with E-state index in [1.807, 2.05) is 0 Å². The maximum Gasteiger partial charge on any atom is 0.433 e. The molecule has 2 aromatic heterocycles. The highest BCUT2D eigenvalue weighted by molar-refractivity contribution is 5.68. The lowest BCUT2D eigenvalue weighted by atomic mass is 10.2. The molecule has 0 aliphatic carbocycles. The fourth-order valence-electron chi connectivity index (χ4n) is 2.33. The zero-order chi connectivity index (χ0) is 19.4. The lowest BCUT2D eigenvalue weighted by Crippen LogP contribution is -2.11. The molecule has 3 rings (SSSR count). The predicted octanol–water partition coefficient (Wildman–Crippen LogP) is 4.32. The molecule has 27 heavy (non-hydrogen) atoms. The molecule has 0 saturated heterocycles. The Balaban J connectivity index is 2.08. The van der Waals surface area contributed by atoms with Crippen LogP contribution in [0.1, 0.15) is 5.69 Å². The van der Waals surface area contributed by atoms with Crippen LogP contribution in [0.25, 0.3) is 11.4 Å². The molecule has 6 nitrogen and oxygen atoms in total. The first-order valence-corrected chi connectivity index (χ1v) is 7.76. The van der Waals surface area contributed by atoms with Crippen molar-refractivity contribution < 1.29 is 22.6 Å². The Bertz CT molecular complexity index is 934. The van der Waals surface area contributed by atoms with Crippen LogP contribution in [-0.2, 0) is 6.18 Å². The van der Waals surface area contributed by atoms with Crippen molar-refractivity contribution in [3.63, 3.8) is 0 Å². The normalized spacial score (nSPS) is 11.1. The van der Waals surface area contributed by atoms with Crippen LogP contribution in [0, 0.1) is 0 Å². The van der Waals surface area contributed by atoms with Crippen LogP contribution in [0.2, 0.25) is 0 Å². The summed E-state index contributed by atoms with van der Waals surface area (Å²) in [6, 6.07) is 8.91. The Morgan fingerprint density at radius 3 is 2.44 bits per heavy atom. The lowest BCUT2D eigenvalue weighted by Gasteiger charge is -2.14. The summed E-state index contributed by atoms with van der Waals surface area (Å²) >= 11 is 0. The Kier molecular flexibility index (Phi) is 5.11. The molecule has 0 aliphatic heterocycles. The van der Waals surface area contributed by atoms with Crippen molar-refractivity contribution in [2.24, 2.45) is 0 Å². The number of benzene rings is 1. The van der Waals surface area contributed by atoms with Crippen LogP contribution >= 0.6 is 0 Å². The summed E-state index contributed by atoms with van der Waals surface area (Å²) in [5.74, 6) is 0.798. The molecule has 2 heterocycles. The van der Waals surface area contributed by atoms with E-state index >= 15 is 0 Å². The van der Waals surface area contributed by atoms with Gasteiger partial charge in [-0.05, 0) is 24.3 Å². The number of anilines is 2. The minimum absolute atomic E-state index is 0.0391. The summed E-state index contributed by atoms with van der Waals surface area (Å²) in [4.78, 5) is 11.7. The van der Waals surface area contributed by atoms with E-state index in [9.17, 15) is 13.2 Å². The smallest absolute Gasteiger partial charge is 0.433 e. The van der Waals surface area contributed by atoms with E-state index in [0.717, 1.165) is 6.07 Å². The van der Waals surface area contributed by atoms with Gasteiger partial charge in [-0.25, -0.2) is 9.97 Å². The van der Waals surface area contributed by atoms with E-state index in [1.165, 1.54) is 26.6 Å². The fourth-order valence-corrected chi connectivity index (χ4v) is 2.33. The summed E-state index contributed by atoms with van der Waals surface area (Å²) in [6.45, 7) is 0. The quantitative estimate of drug-likeness (QED) is 0.715. The second-order valence-corrected chi connectivity index (χ2v) is 5.39. The molecule has 9 heteroatoms. The molecule has 3 aromatic rings. The molecule has 0 unspecified atom stereocenters. The molecule has 0 atom stereocenters. The SMILES string of the molecule is COc1ccc(OC)c(Nc2cc(C(F)(F)F)nc(-c3cccnc3)n2)c1. The molecular formula is C18H15F3N4O2. The van der Waals surface area contributed by atoms with Crippen LogP contribution in [0.15, 0.2) is 48.8 Å². The zero-order valence-corrected chi connectivity index (χ0v) is 14.4. The lowest BCUT2D eigenvalue weighted by molar-refractivity contribution is -0.141. The highest BCUT2D eigenvalue weighted by atomic mass is 19.4. The molecule has 1 N–H and O–H groups in total. The van der Waals surface area contributed by atoms with Crippen LogP contribution in [0.5, 0.6) is 11.5 Å². The minimum Gasteiger partial charge on any atom is -0.497 e. The number of ether oxygens (including phenoxy) is 2. The first-order valence-electron chi connectivity index (χ1n) is 7.76. The van der Waals surface area contributed by atoms with E-state index in [2.05, 4.69) is 20.3 Å². The van der Waals surface area contributed by atoms with Crippen LogP contribution in [0.3, 0.4) is 0 Å². The average Bonchev–Trinajstić information content (AvgIpc) is 2.67. The largest absolute Gasteiger partial charge is 0.497 e. The number of rotatable bonds is 5. The Morgan fingerprint density at radius 1 is 1.00 bits per heavy atom. The number of methoxy groups -OCH3 is 2. The monoisotopic (exact) mass is 376 g/mol. The van der Waals surface area contributed by atoms with Crippen molar-refractivity contribution in [1.29, 1.82) is 0 Å². The molecule has 140 valence electrons. The van der Waals surface area contributed by atoms with Gasteiger partial charge in [-0.15, -0.1) is 0 Å². The van der Waals surface area contributed by atoms with Crippen molar-refractivity contribution in [3.05, 3.63) is 54.5 Å². The van der Waals surface area contributed by atoms with E-state index in [4.69, 9.17) is 9.47 Å². The van der Waals surface area contributed by atoms with E-state index in [1.54, 1.807) is 30.3 Å². The fraction of sp³-hybridized carbons (Fsp3) is 0.167. The number of aromatic nitrogens is 3. The van der Waals surface area contributed by atoms with E-state index < -0.39 is 11.9 Å². The number of hydrogen-bond acceptors (Lipinski definition) is 6. The topological polar surface area (TPSA) is 69.2 Å². The second kappa shape index (κ2) is 7.48. The van der Waals surface area contributed by atoms with Crippen molar-refractivity contribution in [2.45, 2.75) is 6.18 Å². The molecule has 0 bridgehead atoms. The van der Waals surface area contributed by atoms with Gasteiger partial charge in [0.1, 0.15) is 17.3 Å². The van der Waals surface area contributed by atoms with Gasteiger partial charge in [0, 0.05) is 30.1 Å². The Hall–Kier alpha value is -3.36. The summed E-state index contributed by atoms with van der Waals surface area (Å²) in [6.07, 6.45) is -1.72. The van der Waals surface area contributed by atoms with Gasteiger partial charge in [0.05, 0.1) is 19.9 Å². The van der Waals surface area contributed by atoms with Crippen LogP contribution in [0.4, 0.5) is 24.7 Å². The highest BCUT2D eigenvalue weighted by Crippen LogP contribution is 2.34. The third kappa shape index (κ3) is 4.25. The Labute approximate surface area is 153 Å². The molecule has 1 aromatic carbocycles. The van der Waals surface area contributed by atoms with Gasteiger partial charge in [0.25, 0.3) is 0 Å². The summed E-state index contributed by atoms with van der Waals surface area (Å²) in [5, 5.41) is 2.84. The van der Waals surface area contributed by atoms with E-state index in [-0.39, 0.29) is 11.6 Å². The number of nitrogens with zero attached hydrogens (tertiary/aromatic N) is 3. The number of hydrogen-bond donors (Lipinski definition) is 1. The van der Waals surface area contributed by atoms with E-state index in [0.29, 0.717) is 22.7 Å².